The van der Waals surface area contributed by atoms with Crippen LogP contribution in [0.2, 0.25) is 0 Å². The van der Waals surface area contributed by atoms with Crippen LogP contribution in [0.3, 0.4) is 0 Å². The molecule has 1 aliphatic heterocycles. The first-order valence-electron chi connectivity index (χ1n) is 14.4. The van der Waals surface area contributed by atoms with Gasteiger partial charge in [0.05, 0.1) is 53.9 Å². The Balaban J connectivity index is 1.38. The van der Waals surface area contributed by atoms with Gasteiger partial charge >= 0.3 is 12.0 Å². The fourth-order valence-electron chi connectivity index (χ4n) is 4.61. The topological polar surface area (TPSA) is 173 Å². The van der Waals surface area contributed by atoms with Gasteiger partial charge in [-0.15, -0.1) is 0 Å². The number of urea groups is 1. The predicted octanol–water partition coefficient (Wildman–Crippen LogP) is 4.27. The summed E-state index contributed by atoms with van der Waals surface area (Å²) in [6, 6.07) is 16.6. The van der Waals surface area contributed by atoms with E-state index < -0.39 is 24.3 Å². The molecule has 0 spiro atoms. The lowest BCUT2D eigenvalue weighted by atomic mass is 9.95. The second kappa shape index (κ2) is 16.5. The lowest BCUT2D eigenvalue weighted by molar-refractivity contribution is -0.136. The number of allylic oxidation sites excluding steroid dienone is 1. The molecule has 3 aromatic carbocycles. The zero-order valence-corrected chi connectivity index (χ0v) is 28.3. The third-order valence-electron chi connectivity index (χ3n) is 6.83. The minimum atomic E-state index is -1.17. The molecule has 2 atom stereocenters. The molecular weight excluding hydrogens is 721 g/mol. The molecule has 0 unspecified atom stereocenters. The summed E-state index contributed by atoms with van der Waals surface area (Å²) in [4.78, 5) is 24.6. The largest absolute Gasteiger partial charge is 0.493 e. The number of rotatable bonds is 14. The molecule has 0 aliphatic carbocycles. The summed E-state index contributed by atoms with van der Waals surface area (Å²) in [5.41, 5.74) is 6.04. The number of benzene rings is 3. The Morgan fingerprint density at radius 3 is 2.55 bits per heavy atom. The molecule has 0 saturated carbocycles. The van der Waals surface area contributed by atoms with Crippen LogP contribution in [0.4, 0.5) is 4.79 Å². The average molecular weight is 756 g/mol. The van der Waals surface area contributed by atoms with E-state index in [4.69, 9.17) is 28.9 Å². The number of hydrogen-bond acceptors (Lipinski definition) is 11. The molecule has 0 radical (unpaired) electrons. The number of nitrogens with one attached hydrogen (secondary N) is 3. The number of carbonyl (C=O) groups excluding carboxylic acids is 2. The minimum absolute atomic E-state index is 0.170. The minimum Gasteiger partial charge on any atom is -0.493 e. The van der Waals surface area contributed by atoms with Crippen LogP contribution in [0, 0.1) is 14.9 Å². The van der Waals surface area contributed by atoms with Crippen LogP contribution in [-0.2, 0) is 16.1 Å². The number of methoxy groups -OCH3 is 2. The summed E-state index contributed by atoms with van der Waals surface area (Å²) < 4.78 is 28.8. The van der Waals surface area contributed by atoms with Gasteiger partial charge in [-0.2, -0.15) is 10.4 Å². The molecule has 3 aromatic rings. The molecule has 0 fully saturated rings. The van der Waals surface area contributed by atoms with Crippen LogP contribution in [0.25, 0.3) is 0 Å². The number of nitriles is 1. The zero-order valence-electron chi connectivity index (χ0n) is 26.1. The van der Waals surface area contributed by atoms with E-state index in [2.05, 4.69) is 49.8 Å². The van der Waals surface area contributed by atoms with Gasteiger partial charge in [0.15, 0.2) is 29.2 Å². The van der Waals surface area contributed by atoms with Crippen LogP contribution < -0.4 is 35.0 Å². The highest BCUT2D eigenvalue weighted by molar-refractivity contribution is 14.1. The molecule has 2 amide bonds. The number of amides is 2. The maximum Gasteiger partial charge on any atom is 0.337 e. The van der Waals surface area contributed by atoms with Crippen molar-refractivity contribution in [1.29, 1.82) is 5.26 Å². The second-order valence-corrected chi connectivity index (χ2v) is 11.2. The van der Waals surface area contributed by atoms with Crippen molar-refractivity contribution < 1.29 is 38.4 Å². The van der Waals surface area contributed by atoms with Crippen molar-refractivity contribution in [2.45, 2.75) is 32.7 Å². The van der Waals surface area contributed by atoms with Crippen molar-refractivity contribution in [3.63, 3.8) is 0 Å². The first-order chi connectivity index (χ1) is 22.7. The van der Waals surface area contributed by atoms with Gasteiger partial charge in [-0.1, -0.05) is 18.2 Å². The molecular formula is C33H34IN5O8. The highest BCUT2D eigenvalue weighted by Crippen LogP contribution is 2.36. The number of nitrogens with zero attached hydrogens (tertiary/aromatic N) is 2. The maximum atomic E-state index is 12.5. The Morgan fingerprint density at radius 2 is 1.87 bits per heavy atom. The van der Waals surface area contributed by atoms with E-state index >= 15 is 0 Å². The Morgan fingerprint density at radius 1 is 1.11 bits per heavy atom. The number of aliphatic hydroxyl groups is 1. The normalized spacial score (nSPS) is 14.8. The van der Waals surface area contributed by atoms with Crippen LogP contribution in [0.15, 0.2) is 71.0 Å². The van der Waals surface area contributed by atoms with Crippen molar-refractivity contribution in [1.82, 2.24) is 16.1 Å². The van der Waals surface area contributed by atoms with Gasteiger partial charge in [-0.3, -0.25) is 5.43 Å². The molecule has 47 heavy (non-hydrogen) atoms. The van der Waals surface area contributed by atoms with Gasteiger partial charge in [0.1, 0.15) is 13.2 Å². The molecule has 14 heteroatoms. The Kier molecular flexibility index (Phi) is 12.3. The van der Waals surface area contributed by atoms with E-state index in [1.807, 2.05) is 25.1 Å². The second-order valence-electron chi connectivity index (χ2n) is 10.0. The monoisotopic (exact) mass is 755 g/mol. The maximum absolute atomic E-state index is 12.5. The third-order valence-corrected chi connectivity index (χ3v) is 7.63. The summed E-state index contributed by atoms with van der Waals surface area (Å²) in [6.45, 7) is 3.88. The van der Waals surface area contributed by atoms with E-state index in [1.165, 1.54) is 13.3 Å². The fraction of sp³-hybridized carbons (Fsp3) is 0.273. The van der Waals surface area contributed by atoms with E-state index in [0.29, 0.717) is 58.6 Å². The number of hydrazone groups is 1. The summed E-state index contributed by atoms with van der Waals surface area (Å²) in [6.07, 6.45) is 0.358. The van der Waals surface area contributed by atoms with Crippen molar-refractivity contribution in [2.24, 2.45) is 5.10 Å². The smallest absolute Gasteiger partial charge is 0.337 e. The molecule has 0 bridgehead atoms. The molecule has 1 heterocycles. The molecule has 0 aromatic heterocycles. The predicted molar refractivity (Wildman–Crippen MR) is 180 cm³/mol. The van der Waals surface area contributed by atoms with Gasteiger partial charge in [0.2, 0.25) is 0 Å². The van der Waals surface area contributed by atoms with Crippen LogP contribution >= 0.6 is 22.6 Å². The van der Waals surface area contributed by atoms with E-state index in [-0.39, 0.29) is 12.2 Å². The fourth-order valence-corrected chi connectivity index (χ4v) is 5.39. The number of halogens is 1. The quantitative estimate of drug-likeness (QED) is 0.0612. The highest BCUT2D eigenvalue weighted by Gasteiger charge is 2.32. The van der Waals surface area contributed by atoms with E-state index in [9.17, 15) is 14.7 Å². The highest BCUT2D eigenvalue weighted by atomic mass is 127. The van der Waals surface area contributed by atoms with Crippen LogP contribution in [0.5, 0.6) is 23.0 Å². The van der Waals surface area contributed by atoms with Crippen molar-refractivity contribution in [3.8, 4) is 29.1 Å². The molecule has 246 valence electrons. The first-order valence-corrected chi connectivity index (χ1v) is 15.5. The molecule has 13 nitrogen and oxygen atoms in total. The molecule has 4 rings (SSSR count). The van der Waals surface area contributed by atoms with Crippen molar-refractivity contribution in [2.75, 3.05) is 27.4 Å². The molecule has 4 N–H and O–H groups in total. The average Bonchev–Trinajstić information content (AvgIpc) is 3.06. The van der Waals surface area contributed by atoms with Gasteiger partial charge in [0.25, 0.3) is 0 Å². The molecule has 0 saturated heterocycles. The number of hydrogen-bond donors (Lipinski definition) is 4. The van der Waals surface area contributed by atoms with E-state index in [0.717, 1.165) is 9.13 Å². The van der Waals surface area contributed by atoms with Crippen LogP contribution in [-0.4, -0.2) is 57.0 Å². The van der Waals surface area contributed by atoms with Gasteiger partial charge in [0, 0.05) is 5.70 Å². The van der Waals surface area contributed by atoms with Crippen molar-refractivity contribution >= 4 is 40.8 Å². The van der Waals surface area contributed by atoms with Gasteiger partial charge in [-0.05, 0) is 89.5 Å². The zero-order chi connectivity index (χ0) is 33.9. The van der Waals surface area contributed by atoms with Crippen molar-refractivity contribution in [3.05, 3.63) is 91.7 Å². The molecule has 1 aliphatic rings. The first kappa shape index (κ1) is 34.9. The number of esters is 1. The lowest BCUT2D eigenvalue weighted by Gasteiger charge is -2.28. The number of aliphatic hydroxyl groups excluding tert-OH is 1. The summed E-state index contributed by atoms with van der Waals surface area (Å²) in [7, 11) is 2.81. The SMILES string of the molecule is CCOc1cc([C@@H]2NC(=O)NC(C)=C2C(=O)OC)ccc1OC[C@@H](O)N/N=C/c1cc(I)c(OCc2ccc(C#N)cc2)c(OC)c1. The van der Waals surface area contributed by atoms with E-state index in [1.54, 1.807) is 50.4 Å². The summed E-state index contributed by atoms with van der Waals surface area (Å²) in [5, 5.41) is 28.9. The van der Waals surface area contributed by atoms with Gasteiger partial charge in [-0.25, -0.2) is 9.59 Å². The number of carbonyl (C=O) groups is 2. The Hall–Kier alpha value is -5.01. The standard InChI is InChI=1S/C33H34IN5O8/c1-5-45-26-14-23(30-29(32(41)44-4)19(2)37-33(42)38-30)10-11-25(26)46-18-28(40)39-36-16-22-12-24(34)31(27(13-22)43-3)47-17-21-8-6-20(15-35)7-9-21/h6-14,16,28,30,39-40H,5,17-18H2,1-4H3,(H2,37,38,42)/b36-16+/t28-,30+/m1/s1. The van der Waals surface area contributed by atoms with Gasteiger partial charge < -0.3 is 39.4 Å². The number of ether oxygens (including phenoxy) is 5. The summed E-state index contributed by atoms with van der Waals surface area (Å²) in [5.74, 6) is 1.21. The Labute approximate surface area is 285 Å². The Bertz CT molecular complexity index is 1700. The van der Waals surface area contributed by atoms with Crippen LogP contribution in [0.1, 0.15) is 42.1 Å². The summed E-state index contributed by atoms with van der Waals surface area (Å²) >= 11 is 2.15. The lowest BCUT2D eigenvalue weighted by Crippen LogP contribution is -2.45. The third kappa shape index (κ3) is 9.05.